The lowest BCUT2D eigenvalue weighted by molar-refractivity contribution is -0.133. The number of nitrogens with zero attached hydrogens (tertiary/aromatic N) is 3. The van der Waals surface area contributed by atoms with E-state index in [0.29, 0.717) is 12.3 Å². The average Bonchev–Trinajstić information content (AvgIpc) is 2.82. The van der Waals surface area contributed by atoms with Crippen molar-refractivity contribution in [3.05, 3.63) is 16.1 Å². The molecule has 1 aromatic heterocycles. The summed E-state index contributed by atoms with van der Waals surface area (Å²) in [5.74, 6) is 0.805. The molecule has 0 spiro atoms. The smallest absolute Gasteiger partial charge is 0.222 e. The van der Waals surface area contributed by atoms with Gasteiger partial charge in [-0.25, -0.2) is 4.98 Å². The lowest BCUT2D eigenvalue weighted by atomic mass is 10.2. The highest BCUT2D eigenvalue weighted by molar-refractivity contribution is 7.09. The van der Waals surface area contributed by atoms with Crippen LogP contribution >= 0.6 is 22.9 Å². The van der Waals surface area contributed by atoms with Crippen molar-refractivity contribution in [3.8, 4) is 0 Å². The number of carbonyl (C=O) groups is 1. The number of thiazole rings is 1. The first-order valence-electron chi connectivity index (χ1n) is 6.66. The minimum absolute atomic E-state index is 0.241. The second-order valence-corrected chi connectivity index (χ2v) is 6.25. The summed E-state index contributed by atoms with van der Waals surface area (Å²) in [5.41, 5.74) is 1.14. The van der Waals surface area contributed by atoms with Gasteiger partial charge in [0.25, 0.3) is 0 Å². The molecule has 0 bridgehead atoms. The first-order valence-corrected chi connectivity index (χ1v) is 8.07. The van der Waals surface area contributed by atoms with Gasteiger partial charge >= 0.3 is 0 Å². The minimum atomic E-state index is 0.241. The van der Waals surface area contributed by atoms with E-state index in [0.717, 1.165) is 49.8 Å². The molecule has 0 saturated carbocycles. The molecule has 4 nitrogen and oxygen atoms in total. The number of alkyl halides is 1. The van der Waals surface area contributed by atoms with Gasteiger partial charge in [-0.05, 0) is 13.3 Å². The topological polar surface area (TPSA) is 36.4 Å². The Labute approximate surface area is 123 Å². The Morgan fingerprint density at radius 1 is 1.42 bits per heavy atom. The van der Waals surface area contributed by atoms with Gasteiger partial charge in [0.1, 0.15) is 0 Å². The van der Waals surface area contributed by atoms with Crippen molar-refractivity contribution < 1.29 is 4.79 Å². The molecule has 0 unspecified atom stereocenters. The van der Waals surface area contributed by atoms with E-state index in [1.165, 1.54) is 0 Å². The van der Waals surface area contributed by atoms with Crippen molar-refractivity contribution in [1.29, 1.82) is 0 Å². The maximum absolute atomic E-state index is 11.9. The molecule has 1 amide bonds. The van der Waals surface area contributed by atoms with E-state index in [4.69, 9.17) is 11.6 Å². The fourth-order valence-electron chi connectivity index (χ4n) is 2.24. The van der Waals surface area contributed by atoms with Gasteiger partial charge in [-0.15, -0.1) is 22.9 Å². The van der Waals surface area contributed by atoms with Crippen LogP contribution in [0, 0.1) is 6.92 Å². The summed E-state index contributed by atoms with van der Waals surface area (Å²) in [6.07, 6.45) is 1.35. The van der Waals surface area contributed by atoms with Gasteiger partial charge in [-0.1, -0.05) is 0 Å². The molecule has 2 heterocycles. The monoisotopic (exact) mass is 301 g/mol. The summed E-state index contributed by atoms with van der Waals surface area (Å²) >= 11 is 7.31. The van der Waals surface area contributed by atoms with Gasteiger partial charge in [-0.3, -0.25) is 9.69 Å². The molecule has 1 saturated heterocycles. The Hall–Kier alpha value is -0.650. The van der Waals surface area contributed by atoms with Crippen LogP contribution in [0.1, 0.15) is 23.5 Å². The molecule has 0 aliphatic carbocycles. The number of rotatable bonds is 5. The molecule has 6 heteroatoms. The Morgan fingerprint density at radius 3 is 2.74 bits per heavy atom. The van der Waals surface area contributed by atoms with Gasteiger partial charge in [-0.2, -0.15) is 0 Å². The third kappa shape index (κ3) is 4.44. The SMILES string of the molecule is Cc1nc(CN2CCN(C(=O)CCCCl)CC2)cs1. The van der Waals surface area contributed by atoms with E-state index in [1.54, 1.807) is 11.3 Å². The van der Waals surface area contributed by atoms with Crippen molar-refractivity contribution >= 4 is 28.8 Å². The van der Waals surface area contributed by atoms with E-state index in [9.17, 15) is 4.79 Å². The lowest BCUT2D eigenvalue weighted by Crippen LogP contribution is -2.48. The summed E-state index contributed by atoms with van der Waals surface area (Å²) in [4.78, 5) is 20.7. The van der Waals surface area contributed by atoms with E-state index in [-0.39, 0.29) is 5.91 Å². The number of hydrogen-bond acceptors (Lipinski definition) is 4. The number of piperazine rings is 1. The predicted octanol–water partition coefficient (Wildman–Crippen LogP) is 2.11. The maximum atomic E-state index is 11.9. The normalized spacial score (nSPS) is 16.8. The molecule has 106 valence electrons. The Balaban J connectivity index is 1.74. The number of amides is 1. The molecule has 0 aromatic carbocycles. The van der Waals surface area contributed by atoms with Gasteiger partial charge in [0.05, 0.1) is 10.7 Å². The van der Waals surface area contributed by atoms with Gasteiger partial charge in [0.15, 0.2) is 0 Å². The van der Waals surface area contributed by atoms with Crippen LogP contribution in [0.4, 0.5) is 0 Å². The lowest BCUT2D eigenvalue weighted by Gasteiger charge is -2.34. The van der Waals surface area contributed by atoms with E-state index >= 15 is 0 Å². The number of hydrogen-bond donors (Lipinski definition) is 0. The van der Waals surface area contributed by atoms with Crippen LogP contribution < -0.4 is 0 Å². The summed E-state index contributed by atoms with van der Waals surface area (Å²) in [6, 6.07) is 0. The van der Waals surface area contributed by atoms with Crippen LogP contribution in [-0.4, -0.2) is 52.8 Å². The van der Waals surface area contributed by atoms with Crippen molar-refractivity contribution in [3.63, 3.8) is 0 Å². The molecule has 0 N–H and O–H groups in total. The summed E-state index contributed by atoms with van der Waals surface area (Å²) in [7, 11) is 0. The molecule has 1 aliphatic heterocycles. The molecule has 1 aliphatic rings. The fraction of sp³-hybridized carbons (Fsp3) is 0.692. The van der Waals surface area contributed by atoms with Gasteiger partial charge < -0.3 is 4.90 Å². The first-order chi connectivity index (χ1) is 9.19. The molecule has 2 rings (SSSR count). The van der Waals surface area contributed by atoms with Crippen molar-refractivity contribution in [1.82, 2.24) is 14.8 Å². The molecule has 1 fully saturated rings. The van der Waals surface area contributed by atoms with Crippen LogP contribution in [0.3, 0.4) is 0 Å². The molecule has 19 heavy (non-hydrogen) atoms. The van der Waals surface area contributed by atoms with Crippen LogP contribution in [-0.2, 0) is 11.3 Å². The Morgan fingerprint density at radius 2 is 2.16 bits per heavy atom. The van der Waals surface area contributed by atoms with Crippen LogP contribution in [0.2, 0.25) is 0 Å². The van der Waals surface area contributed by atoms with E-state index in [1.807, 2.05) is 11.8 Å². The molecule has 1 aromatic rings. The highest BCUT2D eigenvalue weighted by Crippen LogP contribution is 2.12. The van der Waals surface area contributed by atoms with Crippen molar-refractivity contribution in [2.24, 2.45) is 0 Å². The number of carbonyl (C=O) groups excluding carboxylic acids is 1. The minimum Gasteiger partial charge on any atom is -0.340 e. The standard InChI is InChI=1S/C13H20ClN3OS/c1-11-15-12(10-19-11)9-16-5-7-17(8-6-16)13(18)3-2-4-14/h10H,2-9H2,1H3. The summed E-state index contributed by atoms with van der Waals surface area (Å²) in [5, 5.41) is 3.23. The third-order valence-electron chi connectivity index (χ3n) is 3.30. The Kier molecular flexibility index (Phi) is 5.60. The van der Waals surface area contributed by atoms with Crippen molar-refractivity contribution in [2.75, 3.05) is 32.1 Å². The fourth-order valence-corrected chi connectivity index (χ4v) is 2.98. The zero-order chi connectivity index (χ0) is 13.7. The Bertz CT molecular complexity index is 416. The number of halogens is 1. The predicted molar refractivity (Wildman–Crippen MR) is 78.7 cm³/mol. The van der Waals surface area contributed by atoms with E-state index in [2.05, 4.69) is 15.3 Å². The van der Waals surface area contributed by atoms with Gasteiger partial charge in [0.2, 0.25) is 5.91 Å². The zero-order valence-corrected chi connectivity index (χ0v) is 12.8. The van der Waals surface area contributed by atoms with Crippen LogP contribution in [0.5, 0.6) is 0 Å². The van der Waals surface area contributed by atoms with Crippen LogP contribution in [0.25, 0.3) is 0 Å². The number of aryl methyl sites for hydroxylation is 1. The molecule has 0 radical (unpaired) electrons. The largest absolute Gasteiger partial charge is 0.340 e. The van der Waals surface area contributed by atoms with Crippen molar-refractivity contribution in [2.45, 2.75) is 26.3 Å². The zero-order valence-electron chi connectivity index (χ0n) is 11.3. The number of aromatic nitrogens is 1. The molecule has 0 atom stereocenters. The highest BCUT2D eigenvalue weighted by atomic mass is 35.5. The second kappa shape index (κ2) is 7.22. The third-order valence-corrected chi connectivity index (χ3v) is 4.39. The summed E-state index contributed by atoms with van der Waals surface area (Å²) in [6.45, 7) is 6.44. The first kappa shape index (κ1) is 14.8. The van der Waals surface area contributed by atoms with Crippen LogP contribution in [0.15, 0.2) is 5.38 Å². The molecular formula is C13H20ClN3OS. The van der Waals surface area contributed by atoms with Gasteiger partial charge in [0, 0.05) is 50.4 Å². The average molecular weight is 302 g/mol. The second-order valence-electron chi connectivity index (χ2n) is 4.81. The quantitative estimate of drug-likeness (QED) is 0.782. The highest BCUT2D eigenvalue weighted by Gasteiger charge is 2.20. The maximum Gasteiger partial charge on any atom is 0.222 e. The molecular weight excluding hydrogens is 282 g/mol. The van der Waals surface area contributed by atoms with E-state index < -0.39 is 0 Å². The summed E-state index contributed by atoms with van der Waals surface area (Å²) < 4.78 is 0.